The van der Waals surface area contributed by atoms with Crippen LogP contribution >= 0.6 is 0 Å². The monoisotopic (exact) mass is 550 g/mol. The SMILES string of the molecule is CC(C)(C)[S+]([O-])NCc1nccc(-c2ccc3cnn(-c4cccc(CO[Si](C)(C)C(C)(C)C)n4)c3c2)n1. The number of pyridine rings is 1. The third-order valence-electron chi connectivity index (χ3n) is 6.89. The Labute approximate surface area is 229 Å². The molecular weight excluding hydrogens is 513 g/mol. The molecule has 0 saturated heterocycles. The molecule has 8 nitrogen and oxygen atoms in total. The summed E-state index contributed by atoms with van der Waals surface area (Å²) in [4.78, 5) is 13.9. The van der Waals surface area contributed by atoms with Crippen LogP contribution in [0.3, 0.4) is 0 Å². The second-order valence-electron chi connectivity index (χ2n) is 11.9. The van der Waals surface area contributed by atoms with E-state index in [4.69, 9.17) is 14.4 Å². The van der Waals surface area contributed by atoms with Crippen LogP contribution in [0.4, 0.5) is 0 Å². The molecule has 0 radical (unpaired) electrons. The highest BCUT2D eigenvalue weighted by molar-refractivity contribution is 7.90. The second-order valence-corrected chi connectivity index (χ2v) is 18.8. The van der Waals surface area contributed by atoms with Crippen molar-refractivity contribution < 1.29 is 8.98 Å². The van der Waals surface area contributed by atoms with Crippen molar-refractivity contribution in [1.82, 2.24) is 29.5 Å². The van der Waals surface area contributed by atoms with Crippen molar-refractivity contribution in [3.63, 3.8) is 0 Å². The van der Waals surface area contributed by atoms with Gasteiger partial charge in [-0.3, -0.25) is 0 Å². The number of aromatic nitrogens is 5. The topological polar surface area (TPSA) is 101 Å². The molecule has 202 valence electrons. The predicted octanol–water partition coefficient (Wildman–Crippen LogP) is 5.95. The zero-order chi connectivity index (χ0) is 27.7. The van der Waals surface area contributed by atoms with Crippen molar-refractivity contribution in [1.29, 1.82) is 0 Å². The van der Waals surface area contributed by atoms with Crippen molar-refractivity contribution in [2.45, 2.75) is 77.6 Å². The van der Waals surface area contributed by atoms with Crippen molar-refractivity contribution >= 4 is 30.6 Å². The van der Waals surface area contributed by atoms with Gasteiger partial charge in [0.05, 0.1) is 29.7 Å². The molecule has 0 bridgehead atoms. The lowest BCUT2D eigenvalue weighted by Crippen LogP contribution is -2.40. The number of nitrogens with one attached hydrogen (secondary N) is 1. The quantitative estimate of drug-likeness (QED) is 0.214. The summed E-state index contributed by atoms with van der Waals surface area (Å²) >= 11 is -1.20. The van der Waals surface area contributed by atoms with Crippen LogP contribution in [-0.2, 0) is 28.9 Å². The largest absolute Gasteiger partial charge is 0.598 e. The van der Waals surface area contributed by atoms with Gasteiger partial charge in [-0.1, -0.05) is 39.0 Å². The summed E-state index contributed by atoms with van der Waals surface area (Å²) in [5.74, 6) is 1.33. The Hall–Kier alpha value is -2.63. The summed E-state index contributed by atoms with van der Waals surface area (Å²) in [5, 5.41) is 5.77. The van der Waals surface area contributed by atoms with Crippen molar-refractivity contribution in [2.24, 2.45) is 0 Å². The molecule has 1 N–H and O–H groups in total. The van der Waals surface area contributed by atoms with Crippen LogP contribution in [0.15, 0.2) is 54.9 Å². The molecule has 0 aliphatic carbocycles. The number of rotatable bonds is 8. The van der Waals surface area contributed by atoms with Crippen LogP contribution < -0.4 is 4.72 Å². The molecule has 0 aliphatic heterocycles. The molecular formula is C28H38N6O2SSi. The fourth-order valence-electron chi connectivity index (χ4n) is 3.49. The average molecular weight is 551 g/mol. The summed E-state index contributed by atoms with van der Waals surface area (Å²) in [6.45, 7) is 17.8. The molecule has 4 rings (SSSR count). The molecule has 10 heteroatoms. The average Bonchev–Trinajstić information content (AvgIpc) is 3.28. The van der Waals surface area contributed by atoms with Gasteiger partial charge in [0.1, 0.15) is 17.1 Å². The molecule has 1 unspecified atom stereocenters. The van der Waals surface area contributed by atoms with E-state index in [2.05, 4.69) is 54.7 Å². The standard InChI is InChI=1S/C28H38N6O2SSi/c1-27(2,3)37(35)31-18-25-29-15-14-23(33-25)20-12-13-21-17-30-34(24(21)16-20)26-11-9-10-22(32-26)19-36-38(7,8)28(4,5)6/h9-17,31H,18-19H2,1-8H3. The number of hydrogen-bond acceptors (Lipinski definition) is 7. The van der Waals surface area contributed by atoms with Crippen LogP contribution in [0.2, 0.25) is 18.1 Å². The first-order chi connectivity index (χ1) is 17.7. The van der Waals surface area contributed by atoms with Crippen molar-refractivity contribution in [3.8, 4) is 17.1 Å². The van der Waals surface area contributed by atoms with E-state index in [1.165, 1.54) is 0 Å². The number of fused-ring (bicyclic) bond motifs is 1. The van der Waals surface area contributed by atoms with Gasteiger partial charge in [-0.15, -0.1) is 4.72 Å². The fraction of sp³-hybridized carbons (Fsp3) is 0.429. The highest BCUT2D eigenvalue weighted by atomic mass is 32.2. The summed E-state index contributed by atoms with van der Waals surface area (Å²) in [7, 11) is -1.88. The molecule has 3 heterocycles. The maximum atomic E-state index is 12.4. The molecule has 0 fully saturated rings. The van der Waals surface area contributed by atoms with E-state index in [-0.39, 0.29) is 9.79 Å². The van der Waals surface area contributed by atoms with E-state index >= 15 is 0 Å². The Bertz CT molecular complexity index is 1410. The first kappa shape index (κ1) is 28.4. The molecule has 0 aliphatic rings. The van der Waals surface area contributed by atoms with Crippen molar-refractivity contribution in [3.05, 3.63) is 66.4 Å². The minimum atomic E-state index is -1.88. The van der Waals surface area contributed by atoms with E-state index in [0.29, 0.717) is 19.0 Å². The van der Waals surface area contributed by atoms with Crippen LogP contribution in [0.1, 0.15) is 53.1 Å². The van der Waals surface area contributed by atoms with Crippen LogP contribution in [0.25, 0.3) is 28.0 Å². The van der Waals surface area contributed by atoms with E-state index in [9.17, 15) is 4.55 Å². The van der Waals surface area contributed by atoms with Gasteiger partial charge in [0.2, 0.25) is 0 Å². The zero-order valence-corrected chi connectivity index (χ0v) is 25.4. The maximum Gasteiger partial charge on any atom is 0.192 e. The Balaban J connectivity index is 1.58. The smallest absolute Gasteiger partial charge is 0.192 e. The molecule has 38 heavy (non-hydrogen) atoms. The molecule has 0 spiro atoms. The van der Waals surface area contributed by atoms with Crippen LogP contribution in [0, 0.1) is 0 Å². The van der Waals surface area contributed by atoms with Gasteiger partial charge in [0, 0.05) is 28.5 Å². The fourth-order valence-corrected chi connectivity index (χ4v) is 5.12. The highest BCUT2D eigenvalue weighted by Gasteiger charge is 2.37. The van der Waals surface area contributed by atoms with Crippen LogP contribution in [-0.4, -0.2) is 42.3 Å². The zero-order valence-electron chi connectivity index (χ0n) is 23.6. The molecule has 3 aromatic heterocycles. The first-order valence-corrected chi connectivity index (χ1v) is 16.9. The third-order valence-corrected chi connectivity index (χ3v) is 12.9. The van der Waals surface area contributed by atoms with Gasteiger partial charge in [-0.2, -0.15) is 5.10 Å². The van der Waals surface area contributed by atoms with E-state index in [1.54, 1.807) is 6.20 Å². The lowest BCUT2D eigenvalue weighted by Gasteiger charge is -2.36. The lowest BCUT2D eigenvalue weighted by atomic mass is 10.1. The minimum absolute atomic E-state index is 0.139. The van der Waals surface area contributed by atoms with Gasteiger partial charge >= 0.3 is 0 Å². The van der Waals surface area contributed by atoms with Crippen LogP contribution in [0.5, 0.6) is 0 Å². The Morgan fingerprint density at radius 2 is 1.79 bits per heavy atom. The molecule has 1 atom stereocenters. The minimum Gasteiger partial charge on any atom is -0.598 e. The summed E-state index contributed by atoms with van der Waals surface area (Å²) in [6, 6.07) is 14.0. The molecule has 1 aromatic carbocycles. The van der Waals surface area contributed by atoms with Crippen molar-refractivity contribution in [2.75, 3.05) is 0 Å². The summed E-state index contributed by atoms with van der Waals surface area (Å²) in [5.41, 5.74) is 3.55. The van der Waals surface area contributed by atoms with E-state index in [1.807, 2.05) is 68.0 Å². The lowest BCUT2D eigenvalue weighted by molar-refractivity contribution is 0.272. The van der Waals surface area contributed by atoms with Gasteiger partial charge in [-0.05, 0) is 63.2 Å². The molecule has 0 amide bonds. The predicted molar refractivity (Wildman–Crippen MR) is 157 cm³/mol. The van der Waals surface area contributed by atoms with Gasteiger partial charge in [-0.25, -0.2) is 19.6 Å². The molecule has 0 saturated carbocycles. The normalized spacial score (nSPS) is 13.7. The number of hydrogen-bond donors (Lipinski definition) is 1. The van der Waals surface area contributed by atoms with E-state index < -0.39 is 19.7 Å². The second kappa shape index (κ2) is 10.9. The Morgan fingerprint density at radius 3 is 2.50 bits per heavy atom. The summed E-state index contributed by atoms with van der Waals surface area (Å²) in [6.07, 6.45) is 3.57. The third kappa shape index (κ3) is 6.49. The van der Waals surface area contributed by atoms with Gasteiger partial charge in [0.25, 0.3) is 0 Å². The van der Waals surface area contributed by atoms with Gasteiger partial charge in [0.15, 0.2) is 14.1 Å². The number of nitrogens with zero attached hydrogens (tertiary/aromatic N) is 5. The Morgan fingerprint density at radius 1 is 1.03 bits per heavy atom. The molecule has 4 aromatic rings. The Kier molecular flexibility index (Phi) is 8.11. The highest BCUT2D eigenvalue weighted by Crippen LogP contribution is 2.37. The summed E-state index contributed by atoms with van der Waals surface area (Å²) < 4.78 is 23.3. The van der Waals surface area contributed by atoms with Gasteiger partial charge < -0.3 is 8.98 Å². The maximum absolute atomic E-state index is 12.4. The number of benzene rings is 1. The van der Waals surface area contributed by atoms with E-state index in [0.717, 1.165) is 33.7 Å². The first-order valence-electron chi connectivity index (χ1n) is 12.8.